The van der Waals surface area contributed by atoms with E-state index in [1.165, 1.54) is 0 Å². The van der Waals surface area contributed by atoms with Crippen LogP contribution in [0, 0.1) is 0 Å². The number of aromatic nitrogens is 3. The monoisotopic (exact) mass is 425 g/mol. The van der Waals surface area contributed by atoms with E-state index in [2.05, 4.69) is 25.6 Å². The van der Waals surface area contributed by atoms with E-state index >= 15 is 0 Å². The van der Waals surface area contributed by atoms with Crippen molar-refractivity contribution in [2.24, 2.45) is 0 Å². The van der Waals surface area contributed by atoms with Crippen LogP contribution in [0.4, 0.5) is 11.6 Å². The van der Waals surface area contributed by atoms with Crippen molar-refractivity contribution in [2.75, 3.05) is 5.32 Å². The van der Waals surface area contributed by atoms with E-state index in [-0.39, 0.29) is 11.9 Å². The van der Waals surface area contributed by atoms with E-state index in [1.807, 2.05) is 55.5 Å². The fourth-order valence-corrected chi connectivity index (χ4v) is 3.10. The normalized spacial score (nSPS) is 11.4. The number of nitrogens with one attached hydrogen (secondary N) is 2. The average molecular weight is 425 g/mol. The molecular formula is C25H23N5O2. The number of ether oxygens (including phenoxy) is 1. The van der Waals surface area contributed by atoms with Crippen molar-refractivity contribution in [2.45, 2.75) is 19.6 Å². The largest absolute Gasteiger partial charge is 0.489 e. The number of carbonyl (C=O) groups is 1. The molecule has 2 aromatic heterocycles. The molecule has 1 unspecified atom stereocenters. The SMILES string of the molecule is CC(NC(=O)c1cccc(Nc2ncccn2)c1)c1ccc(OCc2cccnc2)cc1. The van der Waals surface area contributed by atoms with Gasteiger partial charge in [-0.15, -0.1) is 0 Å². The number of benzene rings is 2. The Balaban J connectivity index is 1.34. The lowest BCUT2D eigenvalue weighted by atomic mass is 10.1. The van der Waals surface area contributed by atoms with E-state index in [0.29, 0.717) is 18.1 Å². The highest BCUT2D eigenvalue weighted by Gasteiger charge is 2.12. The minimum Gasteiger partial charge on any atom is -0.489 e. The second-order valence-electron chi connectivity index (χ2n) is 7.19. The van der Waals surface area contributed by atoms with Gasteiger partial charge < -0.3 is 15.4 Å². The molecule has 1 atom stereocenters. The predicted octanol–water partition coefficient (Wildman–Crippen LogP) is 4.69. The molecule has 0 aliphatic heterocycles. The minimum absolute atomic E-state index is 0.160. The van der Waals surface area contributed by atoms with Crippen molar-refractivity contribution in [1.82, 2.24) is 20.3 Å². The summed E-state index contributed by atoms with van der Waals surface area (Å²) in [7, 11) is 0. The molecule has 4 aromatic rings. The van der Waals surface area contributed by atoms with Crippen LogP contribution in [0.5, 0.6) is 5.75 Å². The quantitative estimate of drug-likeness (QED) is 0.426. The lowest BCUT2D eigenvalue weighted by Gasteiger charge is -2.16. The fraction of sp³-hybridized carbons (Fsp3) is 0.120. The van der Waals surface area contributed by atoms with Crippen LogP contribution in [0.1, 0.15) is 34.5 Å². The van der Waals surface area contributed by atoms with Crippen LogP contribution in [0.2, 0.25) is 0 Å². The first-order valence-electron chi connectivity index (χ1n) is 10.2. The molecule has 32 heavy (non-hydrogen) atoms. The summed E-state index contributed by atoms with van der Waals surface area (Å²) < 4.78 is 5.79. The highest BCUT2D eigenvalue weighted by Crippen LogP contribution is 2.20. The van der Waals surface area contributed by atoms with Crippen LogP contribution < -0.4 is 15.4 Å². The summed E-state index contributed by atoms with van der Waals surface area (Å²) in [6.45, 7) is 2.40. The van der Waals surface area contributed by atoms with E-state index in [9.17, 15) is 4.79 Å². The van der Waals surface area contributed by atoms with Gasteiger partial charge in [-0.05, 0) is 55.0 Å². The Morgan fingerprint density at radius 3 is 2.53 bits per heavy atom. The molecule has 2 N–H and O–H groups in total. The van der Waals surface area contributed by atoms with Crippen molar-refractivity contribution in [3.63, 3.8) is 0 Å². The fourth-order valence-electron chi connectivity index (χ4n) is 3.10. The molecule has 7 heteroatoms. The Morgan fingerprint density at radius 2 is 1.78 bits per heavy atom. The predicted molar refractivity (Wildman–Crippen MR) is 123 cm³/mol. The third-order valence-corrected chi connectivity index (χ3v) is 4.80. The second-order valence-corrected chi connectivity index (χ2v) is 7.19. The van der Waals surface area contributed by atoms with Crippen molar-refractivity contribution < 1.29 is 9.53 Å². The molecule has 0 aliphatic rings. The number of carbonyl (C=O) groups excluding carboxylic acids is 1. The first-order chi connectivity index (χ1) is 15.7. The van der Waals surface area contributed by atoms with Gasteiger partial charge in [0.2, 0.25) is 5.95 Å². The highest BCUT2D eigenvalue weighted by molar-refractivity contribution is 5.95. The van der Waals surface area contributed by atoms with Crippen LogP contribution in [-0.2, 0) is 6.61 Å². The van der Waals surface area contributed by atoms with E-state index in [4.69, 9.17) is 4.74 Å². The zero-order chi connectivity index (χ0) is 22.2. The van der Waals surface area contributed by atoms with Gasteiger partial charge >= 0.3 is 0 Å². The Bertz CT molecular complexity index is 1150. The van der Waals surface area contributed by atoms with Gasteiger partial charge in [-0.3, -0.25) is 9.78 Å². The number of hydrogen-bond donors (Lipinski definition) is 2. The third-order valence-electron chi connectivity index (χ3n) is 4.80. The maximum Gasteiger partial charge on any atom is 0.251 e. The lowest BCUT2D eigenvalue weighted by molar-refractivity contribution is 0.0940. The summed E-state index contributed by atoms with van der Waals surface area (Å²) in [6.07, 6.45) is 6.83. The van der Waals surface area contributed by atoms with Gasteiger partial charge in [0.25, 0.3) is 5.91 Å². The Morgan fingerprint density at radius 1 is 0.969 bits per heavy atom. The molecule has 160 valence electrons. The van der Waals surface area contributed by atoms with Gasteiger partial charge in [-0.1, -0.05) is 24.3 Å². The molecule has 0 bridgehead atoms. The summed E-state index contributed by atoms with van der Waals surface area (Å²) in [5, 5.41) is 6.13. The maximum absolute atomic E-state index is 12.8. The van der Waals surface area contributed by atoms with Crippen LogP contribution in [0.3, 0.4) is 0 Å². The van der Waals surface area contributed by atoms with Gasteiger partial charge in [-0.25, -0.2) is 9.97 Å². The number of rotatable bonds is 8. The van der Waals surface area contributed by atoms with Gasteiger partial charge in [-0.2, -0.15) is 0 Å². The summed E-state index contributed by atoms with van der Waals surface area (Å²) in [6, 6.07) is 20.4. The molecule has 0 saturated heterocycles. The zero-order valence-electron chi connectivity index (χ0n) is 17.6. The standard InChI is InChI=1S/C25H23N5O2/c1-18(20-8-10-23(11-9-20)32-17-19-5-3-12-26-16-19)29-24(31)21-6-2-7-22(15-21)30-25-27-13-4-14-28-25/h2-16,18H,17H2,1H3,(H,29,31)(H,27,28,30). The molecule has 0 saturated carbocycles. The van der Waals surface area contributed by atoms with E-state index in [1.54, 1.807) is 43.0 Å². The molecule has 7 nitrogen and oxygen atoms in total. The van der Waals surface area contributed by atoms with E-state index in [0.717, 1.165) is 22.6 Å². The number of hydrogen-bond acceptors (Lipinski definition) is 6. The minimum atomic E-state index is -0.163. The number of amides is 1. The Hall–Kier alpha value is -4.26. The van der Waals surface area contributed by atoms with Gasteiger partial charge in [0.1, 0.15) is 12.4 Å². The van der Waals surface area contributed by atoms with Gasteiger partial charge in [0.15, 0.2) is 0 Å². The molecule has 2 aromatic carbocycles. The zero-order valence-corrected chi connectivity index (χ0v) is 17.6. The molecule has 1 amide bonds. The number of nitrogens with zero attached hydrogens (tertiary/aromatic N) is 3. The summed E-state index contributed by atoms with van der Waals surface area (Å²) in [5.41, 5.74) is 3.28. The molecule has 0 aliphatic carbocycles. The van der Waals surface area contributed by atoms with Crippen LogP contribution in [0.15, 0.2) is 91.5 Å². The highest BCUT2D eigenvalue weighted by atomic mass is 16.5. The first-order valence-corrected chi connectivity index (χ1v) is 10.2. The van der Waals surface area contributed by atoms with Gasteiger partial charge in [0, 0.05) is 41.6 Å². The first kappa shape index (κ1) is 21.0. The summed E-state index contributed by atoms with van der Waals surface area (Å²) in [4.78, 5) is 25.1. The maximum atomic E-state index is 12.8. The number of pyridine rings is 1. The molecular weight excluding hydrogens is 402 g/mol. The van der Waals surface area contributed by atoms with Crippen molar-refractivity contribution in [3.8, 4) is 5.75 Å². The summed E-state index contributed by atoms with van der Waals surface area (Å²) in [5.74, 6) is 1.08. The van der Waals surface area contributed by atoms with Crippen LogP contribution in [-0.4, -0.2) is 20.9 Å². The van der Waals surface area contributed by atoms with Crippen molar-refractivity contribution >= 4 is 17.5 Å². The molecule has 4 rings (SSSR count). The average Bonchev–Trinajstić information content (AvgIpc) is 2.84. The van der Waals surface area contributed by atoms with E-state index < -0.39 is 0 Å². The molecule has 2 heterocycles. The Labute approximate surface area is 186 Å². The second kappa shape index (κ2) is 10.2. The van der Waals surface area contributed by atoms with Crippen LogP contribution >= 0.6 is 0 Å². The van der Waals surface area contributed by atoms with Crippen molar-refractivity contribution in [1.29, 1.82) is 0 Å². The smallest absolute Gasteiger partial charge is 0.251 e. The van der Waals surface area contributed by atoms with Crippen LogP contribution in [0.25, 0.3) is 0 Å². The molecule has 0 radical (unpaired) electrons. The topological polar surface area (TPSA) is 89.0 Å². The molecule has 0 spiro atoms. The van der Waals surface area contributed by atoms with Crippen molar-refractivity contribution in [3.05, 3.63) is 108 Å². The number of anilines is 2. The summed E-state index contributed by atoms with van der Waals surface area (Å²) >= 11 is 0. The molecule has 0 fully saturated rings. The van der Waals surface area contributed by atoms with Gasteiger partial charge in [0.05, 0.1) is 6.04 Å². The lowest BCUT2D eigenvalue weighted by Crippen LogP contribution is -2.26. The Kier molecular flexibility index (Phi) is 6.67. The third kappa shape index (κ3) is 5.66.